The lowest BCUT2D eigenvalue weighted by molar-refractivity contribution is -0.301. The molecule has 16 heteroatoms. The van der Waals surface area contributed by atoms with Gasteiger partial charge in [0.25, 0.3) is 5.91 Å². The van der Waals surface area contributed by atoms with Crippen molar-refractivity contribution < 1.29 is 49.3 Å². The van der Waals surface area contributed by atoms with Gasteiger partial charge in [0.2, 0.25) is 0 Å². The number of ether oxygens (including phenoxy) is 4. The summed E-state index contributed by atoms with van der Waals surface area (Å²) in [5.41, 5.74) is 9.56. The van der Waals surface area contributed by atoms with Crippen LogP contribution in [0.25, 0.3) is 0 Å². The van der Waals surface area contributed by atoms with Crippen LogP contribution < -0.4 is 32.7 Å². The van der Waals surface area contributed by atoms with Crippen molar-refractivity contribution in [1.29, 1.82) is 0 Å². The third-order valence-corrected chi connectivity index (χ3v) is 8.18. The normalized spacial score (nSPS) is 36.7. The van der Waals surface area contributed by atoms with Crippen LogP contribution in [0.15, 0.2) is 0 Å². The summed E-state index contributed by atoms with van der Waals surface area (Å²) in [7, 11) is 1.58. The van der Waals surface area contributed by atoms with Crippen molar-refractivity contribution in [2.45, 2.75) is 112 Å². The first-order valence-electron chi connectivity index (χ1n) is 14.6. The second-order valence-corrected chi connectivity index (χ2v) is 12.0. The van der Waals surface area contributed by atoms with Crippen LogP contribution in [0, 0.1) is 0 Å². The van der Waals surface area contributed by atoms with Crippen molar-refractivity contribution in [2.75, 3.05) is 46.4 Å². The maximum Gasteiger partial charge on any atom is 0.254 e. The van der Waals surface area contributed by atoms with E-state index in [4.69, 9.17) is 35.5 Å². The first-order chi connectivity index (χ1) is 19.7. The Balaban J connectivity index is 1.81. The molecule has 16 nitrogen and oxygen atoms in total. The van der Waals surface area contributed by atoms with E-state index in [2.05, 4.69) is 21.3 Å². The molecule has 3 aliphatic heterocycles. The molecule has 246 valence electrons. The van der Waals surface area contributed by atoms with Gasteiger partial charge in [-0.05, 0) is 40.7 Å². The average molecular weight is 609 g/mol. The molecule has 0 aromatic carbocycles. The Labute approximate surface area is 246 Å². The van der Waals surface area contributed by atoms with Crippen molar-refractivity contribution >= 4 is 5.91 Å². The number of amides is 1. The van der Waals surface area contributed by atoms with Crippen LogP contribution in [-0.4, -0.2) is 156 Å². The lowest BCUT2D eigenvalue weighted by Gasteiger charge is -2.46. The van der Waals surface area contributed by atoms with E-state index >= 15 is 0 Å². The lowest BCUT2D eigenvalue weighted by Crippen LogP contribution is -2.70. The van der Waals surface area contributed by atoms with Crippen LogP contribution in [0.4, 0.5) is 0 Å². The summed E-state index contributed by atoms with van der Waals surface area (Å²) in [5.74, 6) is -0.662. The van der Waals surface area contributed by atoms with E-state index in [1.165, 1.54) is 6.92 Å². The van der Waals surface area contributed by atoms with E-state index in [-0.39, 0.29) is 32.4 Å². The van der Waals surface area contributed by atoms with Gasteiger partial charge in [-0.3, -0.25) is 4.79 Å². The van der Waals surface area contributed by atoms with Crippen LogP contribution in [0.3, 0.4) is 0 Å². The third-order valence-electron chi connectivity index (χ3n) is 8.18. The zero-order chi connectivity index (χ0) is 31.2. The highest BCUT2D eigenvalue weighted by Gasteiger charge is 2.50. The molecule has 0 aromatic rings. The molecule has 3 fully saturated rings. The zero-order valence-corrected chi connectivity index (χ0v) is 24.9. The number of hydrogen-bond acceptors (Lipinski definition) is 15. The maximum absolute atomic E-state index is 12.9. The van der Waals surface area contributed by atoms with Gasteiger partial charge in [-0.2, -0.15) is 0 Å². The van der Waals surface area contributed by atoms with Gasteiger partial charge in [-0.15, -0.1) is 0 Å². The Bertz CT molecular complexity index is 852. The highest BCUT2D eigenvalue weighted by molar-refractivity contribution is 5.86. The molecule has 0 spiro atoms. The molecule has 0 saturated carbocycles. The van der Waals surface area contributed by atoms with E-state index in [1.54, 1.807) is 20.9 Å². The molecule has 3 aliphatic rings. The van der Waals surface area contributed by atoms with Gasteiger partial charge in [0.05, 0.1) is 37.4 Å². The van der Waals surface area contributed by atoms with E-state index in [0.29, 0.717) is 25.9 Å². The topological polar surface area (TPSA) is 255 Å². The van der Waals surface area contributed by atoms with Crippen LogP contribution in [0.2, 0.25) is 0 Å². The molecule has 0 aliphatic carbocycles. The standard InChI is InChI=1S/C26H52N6O10/c1-13(27)19(41-22-16(28)6-5-15(40-22)9-30-7-8-33)17(34)20(14(2)32-24(36)26(38)10-31-11-26)42-23-18(35)21(29-4)25(3,37)12-39-23/h13-23,29-31,33-35,37-38H,5-12,27-28H2,1-4H3,(H,32,36)/t13-,14+,15-,16?,17?,18?,19?,20?,21+,22+,23+,25?/m0/s1. The predicted octanol–water partition coefficient (Wildman–Crippen LogP) is -5.23. The molecule has 42 heavy (non-hydrogen) atoms. The van der Waals surface area contributed by atoms with Gasteiger partial charge < -0.3 is 77.2 Å². The predicted molar refractivity (Wildman–Crippen MR) is 150 cm³/mol. The number of likely N-dealkylation sites (N-methyl/N-ethyl adjacent to an activating group) is 1. The van der Waals surface area contributed by atoms with Crippen LogP contribution in [0.5, 0.6) is 0 Å². The van der Waals surface area contributed by atoms with Crippen molar-refractivity contribution in [2.24, 2.45) is 11.5 Å². The summed E-state index contributed by atoms with van der Waals surface area (Å²) in [6, 6.07) is -3.02. The Morgan fingerprint density at radius 2 is 1.83 bits per heavy atom. The number of rotatable bonds is 15. The summed E-state index contributed by atoms with van der Waals surface area (Å²) in [6.45, 7) is 5.54. The van der Waals surface area contributed by atoms with E-state index in [0.717, 1.165) is 0 Å². The number of aliphatic hydroxyl groups is 5. The van der Waals surface area contributed by atoms with Gasteiger partial charge >= 0.3 is 0 Å². The number of aliphatic hydroxyl groups excluding tert-OH is 3. The largest absolute Gasteiger partial charge is 0.395 e. The summed E-state index contributed by atoms with van der Waals surface area (Å²) in [5, 5.41) is 64.4. The quantitative estimate of drug-likeness (QED) is 0.0777. The summed E-state index contributed by atoms with van der Waals surface area (Å²) >= 11 is 0. The number of nitrogens with two attached hydrogens (primary N) is 2. The SMILES string of the molecule is CN[C@@H]1C(O)[C@@H](OC(C(O)C(O[C@H]2O[C@H](CNCCO)CCC2N)[C@H](C)N)[C@@H](C)NC(=O)C2(O)CNC2)OCC1(C)O. The number of β-amino-alcohol motifs (C(OH)–C–C–N with tert-alkyl or cyclic N) is 1. The number of hydrogen-bond donors (Lipinski definition) is 11. The molecule has 13 N–H and O–H groups in total. The van der Waals surface area contributed by atoms with Gasteiger partial charge in [0, 0.05) is 32.2 Å². The second kappa shape index (κ2) is 15.3. The number of carbonyl (C=O) groups is 1. The van der Waals surface area contributed by atoms with Crippen LogP contribution in [0.1, 0.15) is 33.6 Å². The Hall–Kier alpha value is -1.09. The minimum absolute atomic E-state index is 0.0127. The van der Waals surface area contributed by atoms with Crippen molar-refractivity contribution in [3.63, 3.8) is 0 Å². The van der Waals surface area contributed by atoms with E-state index < -0.39 is 78.3 Å². The molecule has 0 radical (unpaired) electrons. The van der Waals surface area contributed by atoms with E-state index in [1.807, 2.05) is 0 Å². The molecule has 6 unspecified atom stereocenters. The highest BCUT2D eigenvalue weighted by atomic mass is 16.7. The number of nitrogens with one attached hydrogen (secondary N) is 4. The Morgan fingerprint density at radius 1 is 1.17 bits per heavy atom. The van der Waals surface area contributed by atoms with Gasteiger partial charge in [0.15, 0.2) is 18.2 Å². The first kappa shape index (κ1) is 35.4. The van der Waals surface area contributed by atoms with Gasteiger partial charge in [0.1, 0.15) is 30.0 Å². The molecule has 12 atom stereocenters. The minimum atomic E-state index is -1.61. The van der Waals surface area contributed by atoms with Crippen molar-refractivity contribution in [3.8, 4) is 0 Å². The fourth-order valence-electron chi connectivity index (χ4n) is 5.52. The second-order valence-electron chi connectivity index (χ2n) is 12.0. The van der Waals surface area contributed by atoms with Gasteiger partial charge in [-0.1, -0.05) is 0 Å². The maximum atomic E-state index is 12.9. The fraction of sp³-hybridized carbons (Fsp3) is 0.962. The highest BCUT2D eigenvalue weighted by Crippen LogP contribution is 2.29. The molecule has 3 heterocycles. The first-order valence-corrected chi connectivity index (χ1v) is 14.6. The molecular formula is C26H52N6O10. The van der Waals surface area contributed by atoms with Crippen LogP contribution in [-0.2, 0) is 23.7 Å². The molecule has 3 rings (SSSR count). The lowest BCUT2D eigenvalue weighted by atomic mass is 9.89. The smallest absolute Gasteiger partial charge is 0.254 e. The van der Waals surface area contributed by atoms with Gasteiger partial charge in [-0.25, -0.2) is 0 Å². The van der Waals surface area contributed by atoms with E-state index in [9.17, 15) is 25.2 Å². The van der Waals surface area contributed by atoms with Crippen molar-refractivity contribution in [1.82, 2.24) is 21.3 Å². The Kier molecular flexibility index (Phi) is 12.9. The zero-order valence-electron chi connectivity index (χ0n) is 24.9. The summed E-state index contributed by atoms with van der Waals surface area (Å²) in [4.78, 5) is 12.9. The minimum Gasteiger partial charge on any atom is -0.395 e. The van der Waals surface area contributed by atoms with Crippen LogP contribution >= 0.6 is 0 Å². The van der Waals surface area contributed by atoms with Crippen molar-refractivity contribution in [3.05, 3.63) is 0 Å². The monoisotopic (exact) mass is 608 g/mol. The summed E-state index contributed by atoms with van der Waals surface area (Å²) in [6.07, 6.45) is -6.42. The molecule has 1 amide bonds. The summed E-state index contributed by atoms with van der Waals surface area (Å²) < 4.78 is 24.0. The Morgan fingerprint density at radius 3 is 2.40 bits per heavy atom. The average Bonchev–Trinajstić information content (AvgIpc) is 2.90. The molecule has 0 bridgehead atoms. The molecule has 0 aromatic heterocycles. The fourth-order valence-corrected chi connectivity index (χ4v) is 5.52. The third kappa shape index (κ3) is 8.54. The molecule has 3 saturated heterocycles. The number of carbonyl (C=O) groups excluding carboxylic acids is 1. The molecular weight excluding hydrogens is 556 g/mol.